The second kappa shape index (κ2) is 8.84. The van der Waals surface area contributed by atoms with Gasteiger partial charge in [-0.2, -0.15) is 0 Å². The smallest absolute Gasteiger partial charge is 0.347 e. The molecule has 1 fully saturated rings. The van der Waals surface area contributed by atoms with Crippen molar-refractivity contribution >= 4 is 8.56 Å². The maximum Gasteiger partial charge on any atom is 0.347 e. The summed E-state index contributed by atoms with van der Waals surface area (Å²) >= 11 is 0. The third-order valence-corrected chi connectivity index (χ3v) is 11.9. The molecule has 0 aromatic rings. The molecule has 22 heavy (non-hydrogen) atoms. The van der Waals surface area contributed by atoms with Crippen molar-refractivity contribution in [1.82, 2.24) is 0 Å². The Hall–Kier alpha value is 0.137. The topological polar surface area (TPSA) is 18.5 Å². The van der Waals surface area contributed by atoms with Crippen LogP contribution in [-0.2, 0) is 8.85 Å². The van der Waals surface area contributed by atoms with Crippen molar-refractivity contribution in [2.24, 2.45) is 11.8 Å². The summed E-state index contributed by atoms with van der Waals surface area (Å²) in [7, 11) is 1.58. The monoisotopic (exact) mass is 328 g/mol. The molecule has 0 saturated heterocycles. The molecule has 1 rings (SSSR count). The second-order valence-electron chi connectivity index (χ2n) is 7.90. The summed E-state index contributed by atoms with van der Waals surface area (Å²) in [4.78, 5) is 0. The first-order valence-electron chi connectivity index (χ1n) is 9.51. The van der Waals surface area contributed by atoms with Crippen molar-refractivity contribution in [2.75, 3.05) is 14.2 Å². The fourth-order valence-corrected chi connectivity index (χ4v) is 9.97. The summed E-state index contributed by atoms with van der Waals surface area (Å²) < 4.78 is 12.7. The van der Waals surface area contributed by atoms with Gasteiger partial charge in [-0.25, -0.2) is 0 Å². The van der Waals surface area contributed by atoms with E-state index in [1.165, 1.54) is 51.4 Å². The lowest BCUT2D eigenvalue weighted by Gasteiger charge is -2.52. The summed E-state index contributed by atoms with van der Waals surface area (Å²) in [6.07, 6.45) is 10.6. The highest BCUT2D eigenvalue weighted by Crippen LogP contribution is 2.57. The minimum Gasteiger partial charge on any atom is -0.397 e. The molecule has 3 heteroatoms. The van der Waals surface area contributed by atoms with Crippen LogP contribution in [0.1, 0.15) is 86.0 Å². The number of unbranched alkanes of at least 4 members (excludes halogenated alkanes) is 1. The Bertz CT molecular complexity index is 313. The predicted molar refractivity (Wildman–Crippen MR) is 98.5 cm³/mol. The van der Waals surface area contributed by atoms with Gasteiger partial charge in [0.1, 0.15) is 0 Å². The molecule has 0 aromatic carbocycles. The minimum atomic E-state index is -2.27. The summed E-state index contributed by atoms with van der Waals surface area (Å²) in [5.41, 5.74) is 0.659. The SMILES string of the molecule is CCCCC1CCCCC1[Si](OC)(OC)C(C)(C)C(C)CC. The Morgan fingerprint density at radius 3 is 2.18 bits per heavy atom. The van der Waals surface area contributed by atoms with Crippen LogP contribution < -0.4 is 0 Å². The van der Waals surface area contributed by atoms with Gasteiger partial charge in [0.2, 0.25) is 0 Å². The lowest BCUT2D eigenvalue weighted by Crippen LogP contribution is -2.58. The maximum atomic E-state index is 6.34. The number of hydrogen-bond acceptors (Lipinski definition) is 2. The van der Waals surface area contributed by atoms with E-state index in [9.17, 15) is 0 Å². The number of hydrogen-bond donors (Lipinski definition) is 0. The average Bonchev–Trinajstić information content (AvgIpc) is 2.54. The van der Waals surface area contributed by atoms with E-state index in [2.05, 4.69) is 34.6 Å². The third kappa shape index (κ3) is 3.79. The Balaban J connectivity index is 3.14. The second-order valence-corrected chi connectivity index (χ2v) is 12.1. The highest BCUT2D eigenvalue weighted by molar-refractivity contribution is 6.72. The molecule has 0 amide bonds. The molecule has 1 aliphatic rings. The van der Waals surface area contributed by atoms with Crippen molar-refractivity contribution in [3.63, 3.8) is 0 Å². The Labute approximate surface area is 140 Å². The molecule has 0 radical (unpaired) electrons. The number of rotatable bonds is 9. The van der Waals surface area contributed by atoms with E-state index in [4.69, 9.17) is 8.85 Å². The molecule has 132 valence electrons. The van der Waals surface area contributed by atoms with Crippen LogP contribution in [0.15, 0.2) is 0 Å². The van der Waals surface area contributed by atoms with Crippen LogP contribution >= 0.6 is 0 Å². The predicted octanol–water partition coefficient (Wildman–Crippen LogP) is 6.30. The molecule has 2 nitrogen and oxygen atoms in total. The van der Waals surface area contributed by atoms with Gasteiger partial charge in [0.15, 0.2) is 0 Å². The molecule has 0 bridgehead atoms. The van der Waals surface area contributed by atoms with Crippen LogP contribution in [0.3, 0.4) is 0 Å². The Morgan fingerprint density at radius 2 is 1.68 bits per heavy atom. The Morgan fingerprint density at radius 1 is 1.09 bits per heavy atom. The first-order valence-corrected chi connectivity index (χ1v) is 11.4. The molecule has 0 aliphatic heterocycles. The van der Waals surface area contributed by atoms with Crippen LogP contribution in [-0.4, -0.2) is 22.8 Å². The van der Waals surface area contributed by atoms with E-state index in [0.717, 1.165) is 5.92 Å². The summed E-state index contributed by atoms with van der Waals surface area (Å²) in [5, 5.41) is 0.151. The summed E-state index contributed by atoms with van der Waals surface area (Å²) in [6, 6.07) is 0. The van der Waals surface area contributed by atoms with Crippen LogP contribution in [0, 0.1) is 11.8 Å². The van der Waals surface area contributed by atoms with Crippen LogP contribution in [0.4, 0.5) is 0 Å². The van der Waals surface area contributed by atoms with E-state index in [1.54, 1.807) is 0 Å². The lowest BCUT2D eigenvalue weighted by atomic mass is 9.85. The van der Waals surface area contributed by atoms with Gasteiger partial charge in [-0.05, 0) is 18.3 Å². The molecule has 0 aromatic heterocycles. The van der Waals surface area contributed by atoms with Crippen molar-refractivity contribution in [3.05, 3.63) is 0 Å². The molecule has 1 aliphatic carbocycles. The molecule has 0 heterocycles. The molecule has 0 spiro atoms. The van der Waals surface area contributed by atoms with Gasteiger partial charge < -0.3 is 8.85 Å². The van der Waals surface area contributed by atoms with Gasteiger partial charge in [0.05, 0.1) is 0 Å². The summed E-state index contributed by atoms with van der Waals surface area (Å²) in [6.45, 7) is 11.8. The van der Waals surface area contributed by atoms with Crippen molar-refractivity contribution in [1.29, 1.82) is 0 Å². The molecule has 1 saturated carbocycles. The zero-order valence-electron chi connectivity index (χ0n) is 16.2. The fraction of sp³-hybridized carbons (Fsp3) is 1.00. The average molecular weight is 329 g/mol. The Kier molecular flexibility index (Phi) is 8.11. The zero-order valence-corrected chi connectivity index (χ0v) is 17.2. The molecule has 0 N–H and O–H groups in total. The highest BCUT2D eigenvalue weighted by Gasteiger charge is 2.59. The molecular formula is C19H40O2Si. The van der Waals surface area contributed by atoms with Crippen LogP contribution in [0.2, 0.25) is 10.6 Å². The first-order chi connectivity index (χ1) is 10.4. The zero-order chi connectivity index (χ0) is 16.8. The normalized spacial score (nSPS) is 25.2. The third-order valence-electron chi connectivity index (χ3n) is 6.67. The van der Waals surface area contributed by atoms with Gasteiger partial charge in [-0.3, -0.25) is 0 Å². The lowest BCUT2D eigenvalue weighted by molar-refractivity contribution is 0.147. The molecular weight excluding hydrogens is 288 g/mol. The highest BCUT2D eigenvalue weighted by atomic mass is 28.4. The minimum absolute atomic E-state index is 0.151. The van der Waals surface area contributed by atoms with Crippen molar-refractivity contribution < 1.29 is 8.85 Å². The van der Waals surface area contributed by atoms with E-state index < -0.39 is 8.56 Å². The van der Waals surface area contributed by atoms with Crippen molar-refractivity contribution in [3.8, 4) is 0 Å². The summed E-state index contributed by atoms with van der Waals surface area (Å²) in [5.74, 6) is 1.44. The van der Waals surface area contributed by atoms with E-state index >= 15 is 0 Å². The standard InChI is InChI=1S/C19H40O2Si/c1-8-10-13-17-14-11-12-15-18(17)22(20-6,21-7)19(4,5)16(3)9-2/h16-18H,8-15H2,1-7H3. The molecule has 3 atom stereocenters. The molecule has 3 unspecified atom stereocenters. The van der Waals surface area contributed by atoms with E-state index in [1.807, 2.05) is 14.2 Å². The maximum absolute atomic E-state index is 6.34. The largest absolute Gasteiger partial charge is 0.397 e. The van der Waals surface area contributed by atoms with Crippen molar-refractivity contribution in [2.45, 2.75) is 96.6 Å². The van der Waals surface area contributed by atoms with Gasteiger partial charge in [-0.1, -0.05) is 79.6 Å². The van der Waals surface area contributed by atoms with Gasteiger partial charge in [0, 0.05) is 24.8 Å². The van der Waals surface area contributed by atoms with E-state index in [-0.39, 0.29) is 5.04 Å². The van der Waals surface area contributed by atoms with Crippen LogP contribution in [0.5, 0.6) is 0 Å². The van der Waals surface area contributed by atoms with Gasteiger partial charge in [0.25, 0.3) is 0 Å². The van der Waals surface area contributed by atoms with E-state index in [0.29, 0.717) is 11.5 Å². The quantitative estimate of drug-likeness (QED) is 0.462. The van der Waals surface area contributed by atoms with Gasteiger partial charge in [-0.15, -0.1) is 0 Å². The first kappa shape index (κ1) is 20.2. The fourth-order valence-electron chi connectivity index (χ4n) is 4.76. The van der Waals surface area contributed by atoms with Gasteiger partial charge >= 0.3 is 8.56 Å². The van der Waals surface area contributed by atoms with Crippen LogP contribution in [0.25, 0.3) is 0 Å².